The smallest absolute Gasteiger partial charge is 0.223 e. The lowest BCUT2D eigenvalue weighted by atomic mass is 9.93. The van der Waals surface area contributed by atoms with Crippen LogP contribution < -0.4 is 5.32 Å². The van der Waals surface area contributed by atoms with Gasteiger partial charge in [-0.15, -0.1) is 6.42 Å². The first-order valence-corrected chi connectivity index (χ1v) is 8.84. The lowest BCUT2D eigenvalue weighted by Gasteiger charge is -2.32. The predicted molar refractivity (Wildman–Crippen MR) is 77.8 cm³/mol. The Hall–Kier alpha value is -1.06. The van der Waals surface area contributed by atoms with Crippen LogP contribution in [-0.2, 0) is 14.6 Å². The number of terminal acetylenes is 1. The van der Waals surface area contributed by atoms with E-state index in [9.17, 15) is 13.2 Å². The van der Waals surface area contributed by atoms with E-state index in [1.165, 1.54) is 0 Å². The Morgan fingerprint density at radius 2 is 2.10 bits per heavy atom. The van der Waals surface area contributed by atoms with Gasteiger partial charge >= 0.3 is 0 Å². The van der Waals surface area contributed by atoms with Gasteiger partial charge < -0.3 is 5.32 Å². The molecule has 2 aliphatic rings. The summed E-state index contributed by atoms with van der Waals surface area (Å²) < 4.78 is 23.1. The first kappa shape index (κ1) is 15.3. The van der Waals surface area contributed by atoms with Gasteiger partial charge in [-0.2, -0.15) is 0 Å². The van der Waals surface area contributed by atoms with Crippen LogP contribution in [-0.4, -0.2) is 55.9 Å². The number of likely N-dealkylation sites (tertiary alicyclic amines) is 1. The van der Waals surface area contributed by atoms with Crippen LogP contribution in [0.2, 0.25) is 0 Å². The van der Waals surface area contributed by atoms with Crippen LogP contribution in [0.3, 0.4) is 0 Å². The number of rotatable bonds is 3. The molecule has 2 rings (SSSR count). The highest BCUT2D eigenvalue weighted by atomic mass is 32.2. The molecule has 2 saturated heterocycles. The van der Waals surface area contributed by atoms with Gasteiger partial charge in [0.25, 0.3) is 0 Å². The highest BCUT2D eigenvalue weighted by Gasteiger charge is 2.40. The van der Waals surface area contributed by atoms with E-state index < -0.39 is 15.4 Å². The summed E-state index contributed by atoms with van der Waals surface area (Å²) in [5.41, 5.74) is -0.591. The number of carbonyl (C=O) groups excluding carboxylic acids is 1. The molecule has 5 nitrogen and oxygen atoms in total. The molecule has 0 bridgehead atoms. The van der Waals surface area contributed by atoms with E-state index in [0.717, 1.165) is 25.9 Å². The summed E-state index contributed by atoms with van der Waals surface area (Å²) in [5.74, 6) is 2.81. The average molecular weight is 298 g/mol. The average Bonchev–Trinajstić information content (AvgIpc) is 2.64. The SMILES string of the molecule is C#CCN1CCC(C(=O)NC2(C)CCS(=O)(=O)C2)CC1. The van der Waals surface area contributed by atoms with Crippen LogP contribution in [0.5, 0.6) is 0 Å². The van der Waals surface area contributed by atoms with Gasteiger partial charge in [-0.1, -0.05) is 5.92 Å². The van der Waals surface area contributed by atoms with Crippen molar-refractivity contribution < 1.29 is 13.2 Å². The molecule has 0 spiro atoms. The summed E-state index contributed by atoms with van der Waals surface area (Å²) in [6, 6.07) is 0. The monoisotopic (exact) mass is 298 g/mol. The second kappa shape index (κ2) is 5.74. The number of hydrogen-bond acceptors (Lipinski definition) is 4. The second-order valence-corrected chi connectivity index (χ2v) is 8.33. The van der Waals surface area contributed by atoms with Crippen LogP contribution in [0.4, 0.5) is 0 Å². The zero-order valence-corrected chi connectivity index (χ0v) is 12.7. The van der Waals surface area contributed by atoms with Crippen molar-refractivity contribution in [1.82, 2.24) is 10.2 Å². The Bertz CT molecular complexity index is 515. The molecule has 0 radical (unpaired) electrons. The van der Waals surface area contributed by atoms with Gasteiger partial charge in [-0.05, 0) is 39.3 Å². The van der Waals surface area contributed by atoms with Crippen LogP contribution in [0.1, 0.15) is 26.2 Å². The van der Waals surface area contributed by atoms with Gasteiger partial charge in [0.1, 0.15) is 0 Å². The number of sulfone groups is 1. The number of carbonyl (C=O) groups is 1. The lowest BCUT2D eigenvalue weighted by Crippen LogP contribution is -2.50. The summed E-state index contributed by atoms with van der Waals surface area (Å²) in [7, 11) is -2.99. The van der Waals surface area contributed by atoms with Crippen molar-refractivity contribution >= 4 is 15.7 Å². The number of nitrogens with one attached hydrogen (secondary N) is 1. The van der Waals surface area contributed by atoms with E-state index in [-0.39, 0.29) is 23.3 Å². The third-order valence-corrected chi connectivity index (χ3v) is 6.10. The van der Waals surface area contributed by atoms with Gasteiger partial charge in [-0.3, -0.25) is 9.69 Å². The maximum Gasteiger partial charge on any atom is 0.223 e. The van der Waals surface area contributed by atoms with Gasteiger partial charge in [0.05, 0.1) is 23.6 Å². The topological polar surface area (TPSA) is 66.5 Å². The molecule has 112 valence electrons. The molecule has 2 fully saturated rings. The van der Waals surface area contributed by atoms with E-state index in [1.807, 2.05) is 6.92 Å². The van der Waals surface area contributed by atoms with Crippen LogP contribution in [0.25, 0.3) is 0 Å². The summed E-state index contributed by atoms with van der Waals surface area (Å²) in [4.78, 5) is 14.4. The zero-order chi connectivity index (χ0) is 14.8. The van der Waals surface area contributed by atoms with Crippen molar-refractivity contribution in [2.75, 3.05) is 31.1 Å². The molecule has 2 heterocycles. The first-order valence-electron chi connectivity index (χ1n) is 7.02. The van der Waals surface area contributed by atoms with Crippen LogP contribution in [0.15, 0.2) is 0 Å². The largest absolute Gasteiger partial charge is 0.350 e. The van der Waals surface area contributed by atoms with Crippen LogP contribution >= 0.6 is 0 Å². The molecule has 1 N–H and O–H groups in total. The molecule has 0 aromatic rings. The van der Waals surface area contributed by atoms with Crippen molar-refractivity contribution in [3.05, 3.63) is 0 Å². The predicted octanol–water partition coefficient (Wildman–Crippen LogP) is 0.0250. The molecule has 6 heteroatoms. The first-order chi connectivity index (χ1) is 9.34. The highest BCUT2D eigenvalue weighted by Crippen LogP contribution is 2.25. The Kier molecular flexibility index (Phi) is 4.40. The van der Waals surface area contributed by atoms with E-state index in [2.05, 4.69) is 16.1 Å². The van der Waals surface area contributed by atoms with Crippen molar-refractivity contribution in [2.45, 2.75) is 31.7 Å². The van der Waals surface area contributed by atoms with Crippen molar-refractivity contribution in [2.24, 2.45) is 5.92 Å². The normalized spacial score (nSPS) is 30.8. The third-order valence-electron chi connectivity index (χ3n) is 4.20. The minimum Gasteiger partial charge on any atom is -0.350 e. The minimum atomic E-state index is -2.99. The van der Waals surface area contributed by atoms with Crippen molar-refractivity contribution in [3.8, 4) is 12.3 Å². The van der Waals surface area contributed by atoms with E-state index in [4.69, 9.17) is 6.42 Å². The molecular weight excluding hydrogens is 276 g/mol. The summed E-state index contributed by atoms with van der Waals surface area (Å²) >= 11 is 0. The Morgan fingerprint density at radius 3 is 2.60 bits per heavy atom. The van der Waals surface area contributed by atoms with Gasteiger partial charge in [0.2, 0.25) is 5.91 Å². The number of piperidine rings is 1. The van der Waals surface area contributed by atoms with Crippen molar-refractivity contribution in [3.63, 3.8) is 0 Å². The molecule has 20 heavy (non-hydrogen) atoms. The fourth-order valence-electron chi connectivity index (χ4n) is 2.99. The van der Waals surface area contributed by atoms with E-state index in [1.54, 1.807) is 0 Å². The van der Waals surface area contributed by atoms with Gasteiger partial charge in [-0.25, -0.2) is 8.42 Å². The summed E-state index contributed by atoms with van der Waals surface area (Å²) in [6.45, 7) is 4.11. The molecule has 0 aromatic heterocycles. The Labute approximate surface area is 121 Å². The molecule has 0 aliphatic carbocycles. The molecule has 0 aromatic carbocycles. The molecule has 1 amide bonds. The molecule has 0 saturated carbocycles. The van der Waals surface area contributed by atoms with Gasteiger partial charge in [0, 0.05) is 5.92 Å². The second-order valence-electron chi connectivity index (χ2n) is 6.15. The van der Waals surface area contributed by atoms with Crippen molar-refractivity contribution in [1.29, 1.82) is 0 Å². The fourth-order valence-corrected chi connectivity index (χ4v) is 5.08. The Morgan fingerprint density at radius 1 is 1.45 bits per heavy atom. The quantitative estimate of drug-likeness (QED) is 0.746. The third kappa shape index (κ3) is 3.74. The highest BCUT2D eigenvalue weighted by molar-refractivity contribution is 7.91. The molecule has 1 unspecified atom stereocenters. The molecule has 1 atom stereocenters. The molecular formula is C14H22N2O3S. The number of amides is 1. The number of hydrogen-bond donors (Lipinski definition) is 1. The minimum absolute atomic E-state index is 0.00930. The van der Waals surface area contributed by atoms with E-state index >= 15 is 0 Å². The maximum atomic E-state index is 12.3. The zero-order valence-electron chi connectivity index (χ0n) is 11.9. The fraction of sp³-hybridized carbons (Fsp3) is 0.786. The number of nitrogens with zero attached hydrogens (tertiary/aromatic N) is 1. The molecule has 2 aliphatic heterocycles. The summed E-state index contributed by atoms with van der Waals surface area (Å²) in [6.07, 6.45) is 7.36. The summed E-state index contributed by atoms with van der Waals surface area (Å²) in [5, 5.41) is 2.95. The maximum absolute atomic E-state index is 12.3. The van der Waals surface area contributed by atoms with E-state index in [0.29, 0.717) is 13.0 Å². The lowest BCUT2D eigenvalue weighted by molar-refractivity contribution is -0.127. The van der Waals surface area contributed by atoms with Gasteiger partial charge in [0.15, 0.2) is 9.84 Å². The Balaban J connectivity index is 1.86. The standard InChI is InChI=1S/C14H22N2O3S/c1-3-7-16-8-4-12(5-9-16)13(17)15-14(2)6-10-20(18,19)11-14/h1,12H,4-11H2,2H3,(H,15,17). The van der Waals surface area contributed by atoms with Crippen LogP contribution in [0, 0.1) is 18.3 Å².